The van der Waals surface area contributed by atoms with Gasteiger partial charge < -0.3 is 14.0 Å². The van der Waals surface area contributed by atoms with Gasteiger partial charge in [0.25, 0.3) is 11.8 Å². The van der Waals surface area contributed by atoms with Gasteiger partial charge in [-0.25, -0.2) is 9.97 Å². The molecule has 0 radical (unpaired) electrons. The van der Waals surface area contributed by atoms with Crippen molar-refractivity contribution in [2.45, 2.75) is 26.4 Å². The monoisotopic (exact) mass is 448 g/mol. The van der Waals surface area contributed by atoms with Crippen LogP contribution < -0.4 is 5.32 Å². The number of fused-ring (bicyclic) bond motifs is 1. The Labute approximate surface area is 187 Å². The zero-order valence-corrected chi connectivity index (χ0v) is 18.1. The summed E-state index contributed by atoms with van der Waals surface area (Å²) in [4.78, 5) is 36.7. The zero-order chi connectivity index (χ0) is 22.1. The molecule has 0 saturated carbocycles. The van der Waals surface area contributed by atoms with Crippen LogP contribution in [-0.4, -0.2) is 43.0 Å². The molecule has 3 aromatic heterocycles. The maximum atomic E-state index is 13.0. The van der Waals surface area contributed by atoms with E-state index in [2.05, 4.69) is 20.4 Å². The Bertz CT molecular complexity index is 1260. The molecule has 0 bridgehead atoms. The van der Waals surface area contributed by atoms with E-state index in [-0.39, 0.29) is 17.5 Å². The highest BCUT2D eigenvalue weighted by Crippen LogP contribution is 2.29. The van der Waals surface area contributed by atoms with Gasteiger partial charge in [-0.3, -0.25) is 14.9 Å². The van der Waals surface area contributed by atoms with E-state index in [1.807, 2.05) is 39.9 Å². The van der Waals surface area contributed by atoms with Crippen molar-refractivity contribution in [3.63, 3.8) is 0 Å². The standard InChI is InChI=1S/C22H20N6O3S/c1-14-10-18(26-31-14)20(29)25-22-24-17-6-8-28(12-19(17)32-22)21(30)16-4-2-15(3-5-16)11-27-9-7-23-13-27/h2-5,7,9-10,13H,6,8,11-12H2,1H3,(H,24,25,29). The Hall–Kier alpha value is -3.79. The second-order valence-electron chi connectivity index (χ2n) is 7.57. The quantitative estimate of drug-likeness (QED) is 0.503. The fourth-order valence-electron chi connectivity index (χ4n) is 3.58. The number of aromatic nitrogens is 4. The third-order valence-corrected chi connectivity index (χ3v) is 6.22. The molecule has 0 unspecified atom stereocenters. The normalized spacial score (nSPS) is 13.1. The average molecular weight is 449 g/mol. The summed E-state index contributed by atoms with van der Waals surface area (Å²) in [5.41, 5.74) is 2.89. The number of hydrogen-bond donors (Lipinski definition) is 1. The highest BCUT2D eigenvalue weighted by molar-refractivity contribution is 7.15. The van der Waals surface area contributed by atoms with Gasteiger partial charge in [-0.15, -0.1) is 0 Å². The van der Waals surface area contributed by atoms with E-state index in [9.17, 15) is 9.59 Å². The van der Waals surface area contributed by atoms with E-state index in [1.165, 1.54) is 11.3 Å². The van der Waals surface area contributed by atoms with Gasteiger partial charge in [-0.05, 0) is 24.6 Å². The first-order valence-electron chi connectivity index (χ1n) is 10.1. The molecule has 32 heavy (non-hydrogen) atoms. The lowest BCUT2D eigenvalue weighted by atomic mass is 10.1. The van der Waals surface area contributed by atoms with E-state index in [0.29, 0.717) is 42.5 Å². The van der Waals surface area contributed by atoms with Crippen LogP contribution in [0.25, 0.3) is 0 Å². The summed E-state index contributed by atoms with van der Waals surface area (Å²) in [6, 6.07) is 9.23. The number of carbonyl (C=O) groups is 2. The zero-order valence-electron chi connectivity index (χ0n) is 17.3. The van der Waals surface area contributed by atoms with Crippen LogP contribution in [0.3, 0.4) is 0 Å². The summed E-state index contributed by atoms with van der Waals surface area (Å²) < 4.78 is 6.92. The van der Waals surface area contributed by atoms with Crippen LogP contribution in [0, 0.1) is 6.92 Å². The number of imidazole rings is 1. The Morgan fingerprint density at radius 3 is 2.81 bits per heavy atom. The van der Waals surface area contributed by atoms with Crippen LogP contribution in [0.2, 0.25) is 0 Å². The second-order valence-corrected chi connectivity index (χ2v) is 8.66. The topological polar surface area (TPSA) is 106 Å². The highest BCUT2D eigenvalue weighted by atomic mass is 32.1. The van der Waals surface area contributed by atoms with Gasteiger partial charge in [0.15, 0.2) is 10.8 Å². The lowest BCUT2D eigenvalue weighted by molar-refractivity contribution is 0.0736. The minimum atomic E-state index is -0.364. The van der Waals surface area contributed by atoms with Gasteiger partial charge in [0, 0.05) is 48.4 Å². The van der Waals surface area contributed by atoms with Crippen LogP contribution in [0.5, 0.6) is 0 Å². The van der Waals surface area contributed by atoms with E-state index in [1.54, 1.807) is 25.5 Å². The van der Waals surface area contributed by atoms with Crippen LogP contribution in [0.1, 0.15) is 42.7 Å². The predicted molar refractivity (Wildman–Crippen MR) is 118 cm³/mol. The summed E-state index contributed by atoms with van der Waals surface area (Å²) in [6.07, 6.45) is 6.06. The van der Waals surface area contributed by atoms with Gasteiger partial charge in [-0.2, -0.15) is 0 Å². The number of thiazole rings is 1. The molecule has 1 N–H and O–H groups in total. The molecule has 0 fully saturated rings. The summed E-state index contributed by atoms with van der Waals surface area (Å²) in [7, 11) is 0. The number of benzene rings is 1. The molecular weight excluding hydrogens is 428 g/mol. The molecule has 1 aromatic carbocycles. The number of hydrogen-bond acceptors (Lipinski definition) is 7. The van der Waals surface area contributed by atoms with Crippen LogP contribution >= 0.6 is 11.3 Å². The average Bonchev–Trinajstić information content (AvgIpc) is 3.54. The second kappa shape index (κ2) is 8.39. The molecule has 4 aromatic rings. The molecule has 5 rings (SSSR count). The number of aryl methyl sites for hydroxylation is 1. The summed E-state index contributed by atoms with van der Waals surface area (Å²) in [5, 5.41) is 6.99. The van der Waals surface area contributed by atoms with Crippen LogP contribution in [-0.2, 0) is 19.5 Å². The number of nitrogens with one attached hydrogen (secondary N) is 1. The van der Waals surface area contributed by atoms with Gasteiger partial charge in [0.2, 0.25) is 0 Å². The van der Waals surface area contributed by atoms with E-state index in [4.69, 9.17) is 4.52 Å². The first-order valence-corrected chi connectivity index (χ1v) is 10.9. The minimum Gasteiger partial charge on any atom is -0.361 e. The Morgan fingerprint density at radius 1 is 1.25 bits per heavy atom. The summed E-state index contributed by atoms with van der Waals surface area (Å²) >= 11 is 1.38. The van der Waals surface area contributed by atoms with Crippen molar-refractivity contribution in [2.75, 3.05) is 11.9 Å². The fraction of sp³-hybridized carbons (Fsp3) is 0.227. The van der Waals surface area contributed by atoms with Crippen molar-refractivity contribution >= 4 is 28.3 Å². The number of anilines is 1. The molecule has 162 valence electrons. The molecule has 9 nitrogen and oxygen atoms in total. The smallest absolute Gasteiger partial charge is 0.279 e. The van der Waals surface area contributed by atoms with Gasteiger partial charge in [-0.1, -0.05) is 28.6 Å². The maximum absolute atomic E-state index is 13.0. The summed E-state index contributed by atoms with van der Waals surface area (Å²) in [6.45, 7) is 3.50. The van der Waals surface area contributed by atoms with Gasteiger partial charge in [0.05, 0.1) is 18.6 Å². The molecule has 1 aliphatic heterocycles. The fourth-order valence-corrected chi connectivity index (χ4v) is 4.60. The van der Waals surface area contributed by atoms with Crippen molar-refractivity contribution in [1.82, 2.24) is 24.6 Å². The minimum absolute atomic E-state index is 0.0121. The Morgan fingerprint density at radius 2 is 2.09 bits per heavy atom. The molecule has 4 heterocycles. The largest absolute Gasteiger partial charge is 0.361 e. The highest BCUT2D eigenvalue weighted by Gasteiger charge is 2.25. The summed E-state index contributed by atoms with van der Waals surface area (Å²) in [5.74, 6) is 0.191. The first kappa shape index (κ1) is 20.1. The van der Waals surface area contributed by atoms with Crippen molar-refractivity contribution in [3.8, 4) is 0 Å². The van der Waals surface area contributed by atoms with E-state index < -0.39 is 0 Å². The molecule has 10 heteroatoms. The maximum Gasteiger partial charge on any atom is 0.279 e. The number of amides is 2. The number of carbonyl (C=O) groups excluding carboxylic acids is 2. The lowest BCUT2D eigenvalue weighted by Gasteiger charge is -2.26. The van der Waals surface area contributed by atoms with E-state index in [0.717, 1.165) is 16.1 Å². The molecule has 0 spiro atoms. The first-order chi connectivity index (χ1) is 15.5. The molecule has 0 atom stereocenters. The molecule has 1 aliphatic rings. The van der Waals surface area contributed by atoms with Gasteiger partial charge >= 0.3 is 0 Å². The third kappa shape index (κ3) is 4.17. The number of rotatable bonds is 5. The molecule has 0 saturated heterocycles. The van der Waals surface area contributed by atoms with Crippen LogP contribution in [0.15, 0.2) is 53.6 Å². The number of nitrogens with zero attached hydrogens (tertiary/aromatic N) is 5. The van der Waals surface area contributed by atoms with Crippen molar-refractivity contribution < 1.29 is 14.1 Å². The Kier molecular flexibility index (Phi) is 5.28. The van der Waals surface area contributed by atoms with Crippen molar-refractivity contribution in [1.29, 1.82) is 0 Å². The van der Waals surface area contributed by atoms with Crippen molar-refractivity contribution in [2.24, 2.45) is 0 Å². The molecule has 0 aliphatic carbocycles. The van der Waals surface area contributed by atoms with Crippen molar-refractivity contribution in [3.05, 3.63) is 82.2 Å². The lowest BCUT2D eigenvalue weighted by Crippen LogP contribution is -2.35. The molecular formula is C22H20N6O3S. The van der Waals surface area contributed by atoms with Gasteiger partial charge in [0.1, 0.15) is 5.76 Å². The van der Waals surface area contributed by atoms with E-state index >= 15 is 0 Å². The molecule has 2 amide bonds. The Balaban J connectivity index is 1.24. The SMILES string of the molecule is Cc1cc(C(=O)Nc2nc3c(s2)CN(C(=O)c2ccc(Cn4ccnc4)cc2)CC3)no1. The van der Waals surface area contributed by atoms with Crippen LogP contribution in [0.4, 0.5) is 5.13 Å². The third-order valence-electron chi connectivity index (χ3n) is 5.22. The predicted octanol–water partition coefficient (Wildman–Crippen LogP) is 3.14.